The normalized spacial score (nSPS) is 15.7. The molecule has 0 aliphatic carbocycles. The summed E-state index contributed by atoms with van der Waals surface area (Å²) >= 11 is 0. The van der Waals surface area contributed by atoms with Crippen LogP contribution in [0.4, 0.5) is 11.4 Å². The Bertz CT molecular complexity index is 1090. The van der Waals surface area contributed by atoms with Gasteiger partial charge in [-0.2, -0.15) is 0 Å². The number of aryl methyl sites for hydroxylation is 1. The average Bonchev–Trinajstić information content (AvgIpc) is 3.04. The van der Waals surface area contributed by atoms with E-state index >= 15 is 0 Å². The second kappa shape index (κ2) is 8.60. The zero-order chi connectivity index (χ0) is 22.1. The predicted octanol–water partition coefficient (Wildman–Crippen LogP) is 3.79. The van der Waals surface area contributed by atoms with Crippen molar-refractivity contribution in [2.24, 2.45) is 0 Å². The Morgan fingerprint density at radius 2 is 1.90 bits per heavy atom. The quantitative estimate of drug-likeness (QED) is 0.759. The first kappa shape index (κ1) is 22.0. The molecule has 0 fully saturated rings. The zero-order valence-corrected chi connectivity index (χ0v) is 18.7. The molecule has 0 unspecified atom stereocenters. The molecule has 160 valence electrons. The first-order valence-corrected chi connectivity index (χ1v) is 11.8. The van der Waals surface area contributed by atoms with E-state index in [9.17, 15) is 18.0 Å². The number of rotatable bonds is 6. The number of sulfone groups is 1. The molecule has 1 heterocycles. The van der Waals surface area contributed by atoms with Crippen LogP contribution < -0.4 is 10.2 Å². The second-order valence-corrected chi connectivity index (χ2v) is 9.93. The Balaban J connectivity index is 1.71. The van der Waals surface area contributed by atoms with Gasteiger partial charge in [0.15, 0.2) is 9.84 Å². The van der Waals surface area contributed by atoms with Gasteiger partial charge in [-0.1, -0.05) is 19.1 Å². The summed E-state index contributed by atoms with van der Waals surface area (Å²) in [6.45, 7) is 7.65. The molecule has 0 radical (unpaired) electrons. The third-order valence-electron chi connectivity index (χ3n) is 5.67. The maximum Gasteiger partial charge on any atom is 0.226 e. The first-order valence-electron chi connectivity index (χ1n) is 10.2. The van der Waals surface area contributed by atoms with Crippen molar-refractivity contribution in [3.05, 3.63) is 53.1 Å². The van der Waals surface area contributed by atoms with Crippen LogP contribution in [0.2, 0.25) is 0 Å². The van der Waals surface area contributed by atoms with Gasteiger partial charge in [0.25, 0.3) is 0 Å². The van der Waals surface area contributed by atoms with E-state index in [4.69, 9.17) is 0 Å². The van der Waals surface area contributed by atoms with E-state index in [0.29, 0.717) is 18.5 Å². The highest BCUT2D eigenvalue weighted by atomic mass is 32.2. The van der Waals surface area contributed by atoms with E-state index in [1.54, 1.807) is 23.1 Å². The van der Waals surface area contributed by atoms with Crippen LogP contribution in [0.15, 0.2) is 41.3 Å². The molecule has 0 saturated heterocycles. The molecule has 0 spiro atoms. The highest BCUT2D eigenvalue weighted by Crippen LogP contribution is 2.34. The number of carbonyl (C=O) groups excluding carboxylic acids is 2. The summed E-state index contributed by atoms with van der Waals surface area (Å²) in [7, 11) is -3.61. The summed E-state index contributed by atoms with van der Waals surface area (Å²) in [5.41, 5.74) is 4.35. The highest BCUT2D eigenvalue weighted by molar-refractivity contribution is 7.91. The maximum atomic E-state index is 12.8. The van der Waals surface area contributed by atoms with Crippen molar-refractivity contribution >= 4 is 33.0 Å². The lowest BCUT2D eigenvalue weighted by Gasteiger charge is -2.22. The summed E-state index contributed by atoms with van der Waals surface area (Å²) in [6, 6.07) is 10.5. The number of hydrogen-bond donors (Lipinski definition) is 1. The van der Waals surface area contributed by atoms with Gasteiger partial charge >= 0.3 is 0 Å². The Morgan fingerprint density at radius 3 is 2.60 bits per heavy atom. The fraction of sp³-hybridized carbons (Fsp3) is 0.391. The Kier molecular flexibility index (Phi) is 6.31. The fourth-order valence-corrected chi connectivity index (χ4v) is 5.08. The fourth-order valence-electron chi connectivity index (χ4n) is 3.80. The van der Waals surface area contributed by atoms with E-state index in [1.165, 1.54) is 6.07 Å². The van der Waals surface area contributed by atoms with Crippen molar-refractivity contribution in [3.63, 3.8) is 0 Å². The third kappa shape index (κ3) is 4.41. The standard InChI is InChI=1S/C23H28N2O4S/c1-5-23(27)25-16(3)13-18-14-19(9-10-21(18)25)30(28,29)12-11-22(26)24-20-8-6-7-15(2)17(20)4/h6-10,14,16H,5,11-13H2,1-4H3,(H,24,26)/t16-/m0/s1. The van der Waals surface area contributed by atoms with Crippen molar-refractivity contribution < 1.29 is 18.0 Å². The number of hydrogen-bond acceptors (Lipinski definition) is 4. The Morgan fingerprint density at radius 1 is 1.17 bits per heavy atom. The molecular formula is C23H28N2O4S. The van der Waals surface area contributed by atoms with Crippen LogP contribution in [0.5, 0.6) is 0 Å². The number of fused-ring (bicyclic) bond motifs is 1. The van der Waals surface area contributed by atoms with Crippen LogP contribution in [0, 0.1) is 13.8 Å². The van der Waals surface area contributed by atoms with Crippen molar-refractivity contribution in [1.82, 2.24) is 0 Å². The second-order valence-electron chi connectivity index (χ2n) is 7.83. The maximum absolute atomic E-state index is 12.8. The van der Waals surface area contributed by atoms with Crippen LogP contribution in [0.3, 0.4) is 0 Å². The van der Waals surface area contributed by atoms with E-state index < -0.39 is 9.84 Å². The van der Waals surface area contributed by atoms with Gasteiger partial charge in [0.2, 0.25) is 11.8 Å². The lowest BCUT2D eigenvalue weighted by Crippen LogP contribution is -2.35. The Labute approximate surface area is 178 Å². The highest BCUT2D eigenvalue weighted by Gasteiger charge is 2.31. The number of anilines is 2. The number of nitrogens with zero attached hydrogens (tertiary/aromatic N) is 1. The molecular weight excluding hydrogens is 400 g/mol. The minimum Gasteiger partial charge on any atom is -0.326 e. The SMILES string of the molecule is CCC(=O)N1c2ccc(S(=O)(=O)CCC(=O)Nc3cccc(C)c3C)cc2C[C@@H]1C. The molecule has 7 heteroatoms. The molecule has 2 amide bonds. The molecule has 1 N–H and O–H groups in total. The van der Waals surface area contributed by atoms with Gasteiger partial charge in [0, 0.05) is 30.3 Å². The number of nitrogens with one attached hydrogen (secondary N) is 1. The molecule has 1 aliphatic heterocycles. The summed E-state index contributed by atoms with van der Waals surface area (Å²) in [5.74, 6) is -0.572. The predicted molar refractivity (Wildman–Crippen MR) is 119 cm³/mol. The van der Waals surface area contributed by atoms with Crippen LogP contribution in [0.1, 0.15) is 43.4 Å². The van der Waals surface area contributed by atoms with Gasteiger partial charge in [0.05, 0.1) is 10.6 Å². The topological polar surface area (TPSA) is 83.6 Å². The lowest BCUT2D eigenvalue weighted by molar-refractivity contribution is -0.118. The largest absolute Gasteiger partial charge is 0.326 e. The van der Waals surface area contributed by atoms with Crippen molar-refractivity contribution in [2.75, 3.05) is 16.0 Å². The summed E-state index contributed by atoms with van der Waals surface area (Å²) in [4.78, 5) is 26.5. The van der Waals surface area contributed by atoms with Crippen LogP contribution in [0.25, 0.3) is 0 Å². The molecule has 2 aromatic rings. The molecule has 3 rings (SSSR count). The summed E-state index contributed by atoms with van der Waals surface area (Å²) in [5, 5.41) is 2.80. The minimum absolute atomic E-state index is 0.00810. The molecule has 1 aliphatic rings. The van der Waals surface area contributed by atoms with Crippen molar-refractivity contribution in [3.8, 4) is 0 Å². The lowest BCUT2D eigenvalue weighted by atomic mass is 10.1. The van der Waals surface area contributed by atoms with Crippen LogP contribution in [-0.2, 0) is 25.8 Å². The first-order chi connectivity index (χ1) is 14.1. The van der Waals surface area contributed by atoms with Crippen molar-refractivity contribution in [2.45, 2.75) is 57.9 Å². The smallest absolute Gasteiger partial charge is 0.226 e. The van der Waals surface area contributed by atoms with E-state index in [-0.39, 0.29) is 34.9 Å². The van der Waals surface area contributed by atoms with E-state index in [2.05, 4.69) is 5.32 Å². The van der Waals surface area contributed by atoms with Crippen LogP contribution in [-0.4, -0.2) is 32.0 Å². The van der Waals surface area contributed by atoms with Gasteiger partial charge in [-0.25, -0.2) is 8.42 Å². The average molecular weight is 429 g/mol. The molecule has 1 atom stereocenters. The molecule has 2 aromatic carbocycles. The molecule has 0 aromatic heterocycles. The van der Waals surface area contributed by atoms with Gasteiger partial charge in [-0.05, 0) is 68.1 Å². The molecule has 0 saturated carbocycles. The molecule has 6 nitrogen and oxygen atoms in total. The number of benzene rings is 2. The molecule has 30 heavy (non-hydrogen) atoms. The van der Waals surface area contributed by atoms with Gasteiger partial charge in [-0.15, -0.1) is 0 Å². The van der Waals surface area contributed by atoms with E-state index in [0.717, 1.165) is 22.4 Å². The Hall–Kier alpha value is -2.67. The third-order valence-corrected chi connectivity index (χ3v) is 7.39. The van der Waals surface area contributed by atoms with Crippen molar-refractivity contribution in [1.29, 1.82) is 0 Å². The number of amides is 2. The summed E-state index contributed by atoms with van der Waals surface area (Å²) < 4.78 is 25.6. The zero-order valence-electron chi connectivity index (χ0n) is 17.9. The monoisotopic (exact) mass is 428 g/mol. The summed E-state index contributed by atoms with van der Waals surface area (Å²) in [6.07, 6.45) is 0.903. The molecule has 0 bridgehead atoms. The van der Waals surface area contributed by atoms with Crippen LogP contribution >= 0.6 is 0 Å². The van der Waals surface area contributed by atoms with Gasteiger partial charge in [-0.3, -0.25) is 9.59 Å². The van der Waals surface area contributed by atoms with E-state index in [1.807, 2.05) is 39.8 Å². The van der Waals surface area contributed by atoms with Gasteiger partial charge in [0.1, 0.15) is 0 Å². The minimum atomic E-state index is -3.61. The van der Waals surface area contributed by atoms with Gasteiger partial charge < -0.3 is 10.2 Å². The number of carbonyl (C=O) groups is 2.